The summed E-state index contributed by atoms with van der Waals surface area (Å²) in [6.07, 6.45) is 0.632. The van der Waals surface area contributed by atoms with Crippen LogP contribution in [-0.4, -0.2) is 30.3 Å². The van der Waals surface area contributed by atoms with Crippen molar-refractivity contribution in [3.05, 3.63) is 65.7 Å². The number of hydrogen-bond acceptors (Lipinski definition) is 3. The third kappa shape index (κ3) is 5.73. The first-order valence-electron chi connectivity index (χ1n) is 8.50. The molecular formula is C20H23N3O3. The van der Waals surface area contributed by atoms with Crippen molar-refractivity contribution in [1.29, 1.82) is 0 Å². The predicted octanol–water partition coefficient (Wildman–Crippen LogP) is 2.12. The van der Waals surface area contributed by atoms with Crippen LogP contribution >= 0.6 is 0 Å². The number of rotatable bonds is 6. The van der Waals surface area contributed by atoms with Gasteiger partial charge in [0, 0.05) is 12.6 Å². The molecule has 2 rings (SSSR count). The highest BCUT2D eigenvalue weighted by atomic mass is 16.2. The van der Waals surface area contributed by atoms with Gasteiger partial charge < -0.3 is 16.0 Å². The molecule has 3 N–H and O–H groups in total. The highest BCUT2D eigenvalue weighted by Gasteiger charge is 2.17. The van der Waals surface area contributed by atoms with Gasteiger partial charge in [-0.2, -0.15) is 0 Å². The van der Waals surface area contributed by atoms with Crippen molar-refractivity contribution in [2.75, 3.05) is 11.9 Å². The summed E-state index contributed by atoms with van der Waals surface area (Å²) in [4.78, 5) is 36.3. The molecule has 0 radical (unpaired) electrons. The van der Waals surface area contributed by atoms with Gasteiger partial charge in [-0.15, -0.1) is 0 Å². The molecule has 0 spiro atoms. The van der Waals surface area contributed by atoms with Crippen LogP contribution in [0.3, 0.4) is 0 Å². The molecule has 0 atom stereocenters. The SMILES string of the molecule is CC(C)NC(=O)c1ccccc1NC(=O)C(=O)NCCc1ccccc1. The fraction of sp³-hybridized carbons (Fsp3) is 0.250. The van der Waals surface area contributed by atoms with Crippen LogP contribution in [0.4, 0.5) is 5.69 Å². The first-order valence-corrected chi connectivity index (χ1v) is 8.50. The van der Waals surface area contributed by atoms with Crippen LogP contribution in [0.1, 0.15) is 29.8 Å². The zero-order chi connectivity index (χ0) is 18.9. The van der Waals surface area contributed by atoms with Crippen molar-refractivity contribution in [1.82, 2.24) is 10.6 Å². The molecule has 0 aromatic heterocycles. The molecule has 2 aromatic rings. The summed E-state index contributed by atoms with van der Waals surface area (Å²) in [5.74, 6) is -1.84. The minimum atomic E-state index is -0.803. The van der Waals surface area contributed by atoms with Crippen LogP contribution in [0.2, 0.25) is 0 Å². The molecule has 0 aliphatic carbocycles. The van der Waals surface area contributed by atoms with Crippen LogP contribution in [0.5, 0.6) is 0 Å². The third-order valence-corrected chi connectivity index (χ3v) is 3.59. The van der Waals surface area contributed by atoms with Gasteiger partial charge in [0.05, 0.1) is 11.3 Å². The van der Waals surface area contributed by atoms with Crippen molar-refractivity contribution >= 4 is 23.4 Å². The Bertz CT molecular complexity index is 773. The molecule has 0 aliphatic heterocycles. The number of benzene rings is 2. The monoisotopic (exact) mass is 353 g/mol. The molecule has 3 amide bonds. The average molecular weight is 353 g/mol. The fourth-order valence-corrected chi connectivity index (χ4v) is 2.35. The molecule has 6 heteroatoms. The summed E-state index contributed by atoms with van der Waals surface area (Å²) in [5, 5.41) is 7.85. The Balaban J connectivity index is 1.92. The second-order valence-corrected chi connectivity index (χ2v) is 6.12. The summed E-state index contributed by atoms with van der Waals surface area (Å²) in [6, 6.07) is 16.2. The minimum Gasteiger partial charge on any atom is -0.350 e. The maximum atomic E-state index is 12.2. The lowest BCUT2D eigenvalue weighted by Crippen LogP contribution is -2.37. The number of carbonyl (C=O) groups is 3. The molecule has 6 nitrogen and oxygen atoms in total. The van der Waals surface area contributed by atoms with Crippen LogP contribution in [0, 0.1) is 0 Å². The van der Waals surface area contributed by atoms with Crippen LogP contribution < -0.4 is 16.0 Å². The van der Waals surface area contributed by atoms with Crippen LogP contribution in [0.25, 0.3) is 0 Å². The Morgan fingerprint density at radius 1 is 0.885 bits per heavy atom. The molecule has 0 saturated carbocycles. The average Bonchev–Trinajstić information content (AvgIpc) is 2.62. The van der Waals surface area contributed by atoms with Crippen molar-refractivity contribution in [3.8, 4) is 0 Å². The van der Waals surface area contributed by atoms with Crippen molar-refractivity contribution in [2.24, 2.45) is 0 Å². The van der Waals surface area contributed by atoms with Gasteiger partial charge in [0.25, 0.3) is 5.91 Å². The van der Waals surface area contributed by atoms with Gasteiger partial charge in [0.1, 0.15) is 0 Å². The van der Waals surface area contributed by atoms with Gasteiger partial charge >= 0.3 is 11.8 Å². The summed E-state index contributed by atoms with van der Waals surface area (Å²) < 4.78 is 0. The minimum absolute atomic E-state index is 0.0347. The maximum absolute atomic E-state index is 12.2. The van der Waals surface area contributed by atoms with Crippen molar-refractivity contribution in [3.63, 3.8) is 0 Å². The Labute approximate surface area is 153 Å². The van der Waals surface area contributed by atoms with E-state index in [1.807, 2.05) is 44.2 Å². The van der Waals surface area contributed by atoms with E-state index in [4.69, 9.17) is 0 Å². The van der Waals surface area contributed by atoms with E-state index in [-0.39, 0.29) is 11.9 Å². The summed E-state index contributed by atoms with van der Waals surface area (Å²) in [5.41, 5.74) is 1.68. The van der Waals surface area contributed by atoms with Crippen molar-refractivity contribution < 1.29 is 14.4 Å². The zero-order valence-electron chi connectivity index (χ0n) is 14.9. The van der Waals surface area contributed by atoms with E-state index in [2.05, 4.69) is 16.0 Å². The van der Waals surface area contributed by atoms with Crippen molar-refractivity contribution in [2.45, 2.75) is 26.3 Å². The Morgan fingerprint density at radius 3 is 2.23 bits per heavy atom. The van der Waals surface area contributed by atoms with Gasteiger partial charge in [0.15, 0.2) is 0 Å². The molecule has 2 aromatic carbocycles. The molecule has 0 fully saturated rings. The number of anilines is 1. The second kappa shape index (κ2) is 9.36. The summed E-state index contributed by atoms with van der Waals surface area (Å²) >= 11 is 0. The molecule has 0 bridgehead atoms. The molecule has 26 heavy (non-hydrogen) atoms. The van der Waals surface area contributed by atoms with E-state index in [0.29, 0.717) is 24.2 Å². The Kier molecular flexibility index (Phi) is 6.91. The lowest BCUT2D eigenvalue weighted by molar-refractivity contribution is -0.136. The number of amides is 3. The molecular weight excluding hydrogens is 330 g/mol. The highest BCUT2D eigenvalue weighted by Crippen LogP contribution is 2.15. The predicted molar refractivity (Wildman–Crippen MR) is 101 cm³/mol. The first-order chi connectivity index (χ1) is 12.5. The fourth-order valence-electron chi connectivity index (χ4n) is 2.35. The van der Waals surface area contributed by atoms with Gasteiger partial charge in [-0.05, 0) is 38.0 Å². The van der Waals surface area contributed by atoms with Crippen LogP contribution in [-0.2, 0) is 16.0 Å². The highest BCUT2D eigenvalue weighted by molar-refractivity contribution is 6.40. The van der Waals surface area contributed by atoms with Gasteiger partial charge in [-0.1, -0.05) is 42.5 Å². The Hall–Kier alpha value is -3.15. The van der Waals surface area contributed by atoms with E-state index >= 15 is 0 Å². The number of nitrogens with one attached hydrogen (secondary N) is 3. The van der Waals surface area contributed by atoms with E-state index in [9.17, 15) is 14.4 Å². The largest absolute Gasteiger partial charge is 0.350 e. The molecule has 0 aliphatic rings. The number of hydrogen-bond donors (Lipinski definition) is 3. The zero-order valence-corrected chi connectivity index (χ0v) is 14.9. The molecule has 0 saturated heterocycles. The summed E-state index contributed by atoms with van der Waals surface area (Å²) in [6.45, 7) is 4.05. The van der Waals surface area contributed by atoms with Gasteiger partial charge in [0.2, 0.25) is 0 Å². The van der Waals surface area contributed by atoms with E-state index < -0.39 is 11.8 Å². The second-order valence-electron chi connectivity index (χ2n) is 6.12. The standard InChI is InChI=1S/C20H23N3O3/c1-14(2)22-18(24)16-10-6-7-11-17(16)23-20(26)19(25)21-13-12-15-8-4-3-5-9-15/h3-11,14H,12-13H2,1-2H3,(H,21,25)(H,22,24)(H,23,26). The summed E-state index contributed by atoms with van der Waals surface area (Å²) in [7, 11) is 0. The molecule has 0 unspecified atom stereocenters. The topological polar surface area (TPSA) is 87.3 Å². The third-order valence-electron chi connectivity index (χ3n) is 3.59. The quantitative estimate of drug-likeness (QED) is 0.695. The molecule has 136 valence electrons. The smallest absolute Gasteiger partial charge is 0.313 e. The normalized spacial score (nSPS) is 10.3. The molecule has 0 heterocycles. The van der Waals surface area contributed by atoms with Crippen LogP contribution in [0.15, 0.2) is 54.6 Å². The first kappa shape index (κ1) is 19.2. The van der Waals surface area contributed by atoms with E-state index in [1.54, 1.807) is 24.3 Å². The van der Waals surface area contributed by atoms with Gasteiger partial charge in [-0.25, -0.2) is 0 Å². The lowest BCUT2D eigenvalue weighted by Gasteiger charge is -2.13. The number of para-hydroxylation sites is 1. The Morgan fingerprint density at radius 2 is 1.54 bits per heavy atom. The lowest BCUT2D eigenvalue weighted by atomic mass is 10.1. The maximum Gasteiger partial charge on any atom is 0.313 e. The van der Waals surface area contributed by atoms with E-state index in [1.165, 1.54) is 0 Å². The number of carbonyl (C=O) groups excluding carboxylic acids is 3. The van der Waals surface area contributed by atoms with Gasteiger partial charge in [-0.3, -0.25) is 14.4 Å². The van der Waals surface area contributed by atoms with E-state index in [0.717, 1.165) is 5.56 Å².